The van der Waals surface area contributed by atoms with Crippen LogP contribution in [0.2, 0.25) is 5.02 Å². The Kier molecular flexibility index (Phi) is 4.19. The van der Waals surface area contributed by atoms with E-state index in [2.05, 4.69) is 15.2 Å². The Morgan fingerprint density at radius 2 is 2.05 bits per heavy atom. The summed E-state index contributed by atoms with van der Waals surface area (Å²) in [6.45, 7) is 2.38. The van der Waals surface area contributed by atoms with Gasteiger partial charge in [-0.15, -0.1) is 0 Å². The molecule has 8 heteroatoms. The zero-order chi connectivity index (χ0) is 14.7. The first-order valence-corrected chi connectivity index (χ1v) is 6.32. The number of carbonyl (C=O) groups is 1. The molecule has 1 aromatic heterocycles. The van der Waals surface area contributed by atoms with Crippen LogP contribution in [0, 0.1) is 0 Å². The smallest absolute Gasteiger partial charge is 0.363 e. The lowest BCUT2D eigenvalue weighted by Crippen LogP contribution is -2.25. The van der Waals surface area contributed by atoms with Crippen LogP contribution >= 0.6 is 11.6 Å². The lowest BCUT2D eigenvalue weighted by atomic mass is 10.1. The Morgan fingerprint density at radius 1 is 1.35 bits per heavy atom. The van der Waals surface area contributed by atoms with Crippen molar-refractivity contribution >= 4 is 17.6 Å². The summed E-state index contributed by atoms with van der Waals surface area (Å²) in [6, 6.07) is 4.94. The summed E-state index contributed by atoms with van der Waals surface area (Å²) < 4.78 is 7.06. The van der Waals surface area contributed by atoms with Gasteiger partial charge >= 0.3 is 11.7 Å². The van der Waals surface area contributed by atoms with Crippen molar-refractivity contribution in [1.29, 1.82) is 0 Å². The number of hydrogen-bond donors (Lipinski definition) is 0. The van der Waals surface area contributed by atoms with Crippen LogP contribution in [-0.2, 0) is 17.8 Å². The predicted octanol–water partition coefficient (Wildman–Crippen LogP) is 0.948. The molecule has 1 aromatic carbocycles. The Hall–Kier alpha value is -2.15. The molecule has 0 unspecified atom stereocenters. The largest absolute Gasteiger partial charge is 0.465 e. The van der Waals surface area contributed by atoms with Gasteiger partial charge in [-0.2, -0.15) is 9.36 Å². The second-order valence-electron chi connectivity index (χ2n) is 4.01. The molecule has 2 aromatic rings. The molecule has 0 aliphatic rings. The molecular formula is C12H13ClN4O3. The number of aryl methyl sites for hydroxylation is 1. The van der Waals surface area contributed by atoms with Crippen molar-refractivity contribution in [2.24, 2.45) is 0 Å². The van der Waals surface area contributed by atoms with Gasteiger partial charge < -0.3 is 4.74 Å². The van der Waals surface area contributed by atoms with Crippen LogP contribution in [0.15, 0.2) is 23.0 Å². The Balaban J connectivity index is 2.37. The molecule has 0 amide bonds. The van der Waals surface area contributed by atoms with Gasteiger partial charge in [-0.1, -0.05) is 23.7 Å². The predicted molar refractivity (Wildman–Crippen MR) is 71.8 cm³/mol. The zero-order valence-electron chi connectivity index (χ0n) is 11.0. The van der Waals surface area contributed by atoms with E-state index in [4.69, 9.17) is 11.6 Å². The summed E-state index contributed by atoms with van der Waals surface area (Å²) in [5, 5.41) is 7.72. The molecule has 0 aliphatic heterocycles. The molecule has 0 N–H and O–H groups in total. The first kappa shape index (κ1) is 14.3. The molecule has 0 saturated heterocycles. The summed E-state index contributed by atoms with van der Waals surface area (Å²) in [6.07, 6.45) is 0. The second-order valence-corrected chi connectivity index (χ2v) is 4.38. The van der Waals surface area contributed by atoms with Crippen molar-refractivity contribution < 1.29 is 9.53 Å². The number of carbonyl (C=O) groups excluding carboxylic acids is 1. The van der Waals surface area contributed by atoms with E-state index in [0.29, 0.717) is 12.1 Å². The quantitative estimate of drug-likeness (QED) is 0.785. The molecule has 0 radical (unpaired) electrons. The highest BCUT2D eigenvalue weighted by Crippen LogP contribution is 2.22. The summed E-state index contributed by atoms with van der Waals surface area (Å²) >= 11 is 6.15. The van der Waals surface area contributed by atoms with E-state index in [-0.39, 0.29) is 22.8 Å². The second kappa shape index (κ2) is 5.87. The molecule has 1 heterocycles. The number of tetrazole rings is 1. The summed E-state index contributed by atoms with van der Waals surface area (Å²) in [5.41, 5.74) is 0.523. The van der Waals surface area contributed by atoms with Crippen molar-refractivity contribution in [2.45, 2.75) is 20.0 Å². The lowest BCUT2D eigenvalue weighted by molar-refractivity contribution is 0.0601. The van der Waals surface area contributed by atoms with E-state index in [1.54, 1.807) is 25.1 Å². The van der Waals surface area contributed by atoms with Gasteiger partial charge in [-0.05, 0) is 29.0 Å². The van der Waals surface area contributed by atoms with Crippen LogP contribution in [0.25, 0.3) is 0 Å². The minimum absolute atomic E-state index is 0.141. The number of nitrogens with zero attached hydrogens (tertiary/aromatic N) is 4. The maximum absolute atomic E-state index is 11.9. The van der Waals surface area contributed by atoms with Crippen LogP contribution in [0.4, 0.5) is 0 Å². The molecule has 0 aliphatic carbocycles. The molecular weight excluding hydrogens is 284 g/mol. The molecule has 106 valence electrons. The number of benzene rings is 1. The van der Waals surface area contributed by atoms with E-state index < -0.39 is 5.97 Å². The fourth-order valence-electron chi connectivity index (χ4n) is 1.73. The van der Waals surface area contributed by atoms with Gasteiger partial charge in [0.05, 0.1) is 24.2 Å². The molecule has 0 saturated carbocycles. The number of esters is 1. The molecule has 0 fully saturated rings. The fourth-order valence-corrected chi connectivity index (χ4v) is 2.00. The van der Waals surface area contributed by atoms with Gasteiger partial charge in [0.2, 0.25) is 0 Å². The molecule has 7 nitrogen and oxygen atoms in total. The van der Waals surface area contributed by atoms with Crippen molar-refractivity contribution in [2.75, 3.05) is 7.11 Å². The highest BCUT2D eigenvalue weighted by atomic mass is 35.5. The Morgan fingerprint density at radius 3 is 2.65 bits per heavy atom. The minimum Gasteiger partial charge on any atom is -0.465 e. The third kappa shape index (κ3) is 2.57. The van der Waals surface area contributed by atoms with Gasteiger partial charge in [0.25, 0.3) is 0 Å². The third-order valence-electron chi connectivity index (χ3n) is 2.80. The first-order valence-electron chi connectivity index (χ1n) is 5.94. The highest BCUT2D eigenvalue weighted by molar-refractivity contribution is 6.34. The molecule has 2 rings (SSSR count). The van der Waals surface area contributed by atoms with Gasteiger partial charge in [-0.3, -0.25) is 0 Å². The third-order valence-corrected chi connectivity index (χ3v) is 3.25. The SMILES string of the molecule is CCn1nnn(Cc2cccc(C(=O)OC)c2Cl)c1=O. The number of halogens is 1. The average molecular weight is 297 g/mol. The Labute approximate surface area is 119 Å². The highest BCUT2D eigenvalue weighted by Gasteiger charge is 2.15. The van der Waals surface area contributed by atoms with Crippen LogP contribution in [-0.4, -0.2) is 32.9 Å². The monoisotopic (exact) mass is 296 g/mol. The van der Waals surface area contributed by atoms with Gasteiger partial charge in [0, 0.05) is 6.54 Å². The average Bonchev–Trinajstić information content (AvgIpc) is 2.81. The van der Waals surface area contributed by atoms with Crippen LogP contribution in [0.1, 0.15) is 22.8 Å². The maximum Gasteiger partial charge on any atom is 0.363 e. The molecule has 20 heavy (non-hydrogen) atoms. The number of hydrogen-bond acceptors (Lipinski definition) is 5. The standard InChI is InChI=1S/C12H13ClN4O3/c1-3-16-12(19)17(15-14-16)7-8-5-4-6-9(10(8)13)11(18)20-2/h4-6H,3,7H2,1-2H3. The fraction of sp³-hybridized carbons (Fsp3) is 0.333. The minimum atomic E-state index is -0.526. The Bertz CT molecular complexity index is 692. The van der Waals surface area contributed by atoms with Crippen LogP contribution in [0.3, 0.4) is 0 Å². The number of rotatable bonds is 4. The first-order chi connectivity index (χ1) is 9.58. The van der Waals surface area contributed by atoms with E-state index >= 15 is 0 Å². The van der Waals surface area contributed by atoms with E-state index in [0.717, 1.165) is 0 Å². The zero-order valence-corrected chi connectivity index (χ0v) is 11.8. The van der Waals surface area contributed by atoms with Gasteiger partial charge in [0.15, 0.2) is 0 Å². The van der Waals surface area contributed by atoms with E-state index in [1.165, 1.54) is 16.5 Å². The molecule has 0 atom stereocenters. The summed E-state index contributed by atoms with van der Waals surface area (Å²) in [5.74, 6) is -0.526. The van der Waals surface area contributed by atoms with Crippen molar-refractivity contribution in [3.63, 3.8) is 0 Å². The van der Waals surface area contributed by atoms with Crippen LogP contribution < -0.4 is 5.69 Å². The summed E-state index contributed by atoms with van der Waals surface area (Å²) in [7, 11) is 1.28. The van der Waals surface area contributed by atoms with Crippen LogP contribution in [0.5, 0.6) is 0 Å². The number of methoxy groups -OCH3 is 1. The topological polar surface area (TPSA) is 79.0 Å². The van der Waals surface area contributed by atoms with Gasteiger partial charge in [-0.25, -0.2) is 9.59 Å². The molecule has 0 spiro atoms. The van der Waals surface area contributed by atoms with Crippen molar-refractivity contribution in [3.8, 4) is 0 Å². The normalized spacial score (nSPS) is 10.6. The van der Waals surface area contributed by atoms with Crippen molar-refractivity contribution in [3.05, 3.63) is 44.8 Å². The number of aromatic nitrogens is 4. The molecule has 0 bridgehead atoms. The lowest BCUT2D eigenvalue weighted by Gasteiger charge is -2.07. The van der Waals surface area contributed by atoms with Gasteiger partial charge in [0.1, 0.15) is 0 Å². The van der Waals surface area contributed by atoms with E-state index in [1.807, 2.05) is 0 Å². The summed E-state index contributed by atoms with van der Waals surface area (Å²) in [4.78, 5) is 23.4. The van der Waals surface area contributed by atoms with Crippen molar-refractivity contribution in [1.82, 2.24) is 19.8 Å². The maximum atomic E-state index is 11.9. The van der Waals surface area contributed by atoms with E-state index in [9.17, 15) is 9.59 Å². The number of ether oxygens (including phenoxy) is 1.